The first-order chi connectivity index (χ1) is 8.28. The monoisotopic (exact) mass is 299 g/mol. The molecule has 0 aromatic heterocycles. The molecule has 6 heteroatoms. The summed E-state index contributed by atoms with van der Waals surface area (Å²) in [6.45, 7) is 0. The summed E-state index contributed by atoms with van der Waals surface area (Å²) in [5.41, 5.74) is 6.59. The van der Waals surface area contributed by atoms with Crippen molar-refractivity contribution in [3.05, 3.63) is 33.8 Å². The summed E-state index contributed by atoms with van der Waals surface area (Å²) in [5.74, 6) is 0. The molecule has 0 aliphatic rings. The molecule has 0 heterocycles. The van der Waals surface area contributed by atoms with Gasteiger partial charge in [0.1, 0.15) is 0 Å². The smallest absolute Gasteiger partial charge is 0.327 e. The molecular weight excluding hydrogens is 286 g/mol. The molecule has 102 valence electrons. The molecule has 1 nitrogen and oxygen atoms in total. The molecule has 0 bridgehead atoms. The van der Waals surface area contributed by atoms with Gasteiger partial charge < -0.3 is 5.73 Å². The summed E-state index contributed by atoms with van der Waals surface area (Å²) >= 11 is 11.7. The zero-order valence-corrected chi connectivity index (χ0v) is 11.1. The lowest BCUT2D eigenvalue weighted by Gasteiger charge is -2.13. The van der Waals surface area contributed by atoms with Crippen molar-refractivity contribution in [3.63, 3.8) is 0 Å². The Morgan fingerprint density at radius 2 is 1.89 bits per heavy atom. The average molecular weight is 300 g/mol. The molecule has 0 fully saturated rings. The van der Waals surface area contributed by atoms with Crippen LogP contribution in [0.15, 0.2) is 18.2 Å². The molecule has 1 rings (SSSR count). The van der Waals surface area contributed by atoms with Gasteiger partial charge in [0.05, 0.1) is 0 Å². The zero-order valence-electron chi connectivity index (χ0n) is 9.61. The van der Waals surface area contributed by atoms with E-state index in [1.165, 1.54) is 0 Å². The second-order valence-electron chi connectivity index (χ2n) is 4.21. The number of hydrogen-bond acceptors (Lipinski definition) is 1. The highest BCUT2D eigenvalue weighted by atomic mass is 35.5. The molecule has 0 amide bonds. The standard InChI is InChI=1S/C12H14Cl2F3N/c13-9-4-3-8(11(14)7-9)6-10(18)2-1-5-12(15,16)17/h3-4,7,10H,1-2,5-6,18H2. The van der Waals surface area contributed by atoms with Gasteiger partial charge in [0.2, 0.25) is 0 Å². The summed E-state index contributed by atoms with van der Waals surface area (Å²) in [5, 5.41) is 1.02. The average Bonchev–Trinajstić information content (AvgIpc) is 2.20. The third-order valence-corrected chi connectivity index (χ3v) is 3.12. The normalized spacial score (nSPS) is 13.7. The largest absolute Gasteiger partial charge is 0.389 e. The lowest BCUT2D eigenvalue weighted by Crippen LogP contribution is -2.23. The first-order valence-corrected chi connectivity index (χ1v) is 6.30. The molecule has 0 spiro atoms. The van der Waals surface area contributed by atoms with Crippen LogP contribution in [0.3, 0.4) is 0 Å². The molecule has 18 heavy (non-hydrogen) atoms. The van der Waals surface area contributed by atoms with E-state index in [1.54, 1.807) is 18.2 Å². The van der Waals surface area contributed by atoms with E-state index in [4.69, 9.17) is 28.9 Å². The topological polar surface area (TPSA) is 26.0 Å². The van der Waals surface area contributed by atoms with Gasteiger partial charge in [-0.05, 0) is 37.0 Å². The SMILES string of the molecule is NC(CCCC(F)(F)F)Cc1ccc(Cl)cc1Cl. The van der Waals surface area contributed by atoms with Crippen molar-refractivity contribution < 1.29 is 13.2 Å². The highest BCUT2D eigenvalue weighted by Crippen LogP contribution is 2.25. The minimum atomic E-state index is -4.11. The highest BCUT2D eigenvalue weighted by molar-refractivity contribution is 6.35. The van der Waals surface area contributed by atoms with Gasteiger partial charge in [0.15, 0.2) is 0 Å². The third kappa shape index (κ3) is 5.94. The van der Waals surface area contributed by atoms with Gasteiger partial charge in [-0.3, -0.25) is 0 Å². The summed E-state index contributed by atoms with van der Waals surface area (Å²) in [4.78, 5) is 0. The van der Waals surface area contributed by atoms with Crippen LogP contribution in [0.25, 0.3) is 0 Å². The first-order valence-electron chi connectivity index (χ1n) is 5.54. The maximum atomic E-state index is 12.0. The van der Waals surface area contributed by atoms with E-state index >= 15 is 0 Å². The maximum Gasteiger partial charge on any atom is 0.389 e. The predicted octanol–water partition coefficient (Wildman–Crippen LogP) is 4.60. The van der Waals surface area contributed by atoms with Crippen molar-refractivity contribution in [1.82, 2.24) is 0 Å². The lowest BCUT2D eigenvalue weighted by molar-refractivity contribution is -0.135. The van der Waals surface area contributed by atoms with Crippen LogP contribution in [0.1, 0.15) is 24.8 Å². The van der Waals surface area contributed by atoms with Crippen molar-refractivity contribution in [1.29, 1.82) is 0 Å². The Balaban J connectivity index is 2.42. The predicted molar refractivity (Wildman–Crippen MR) is 68.0 cm³/mol. The number of benzene rings is 1. The maximum absolute atomic E-state index is 12.0. The molecular formula is C12H14Cl2F3N. The van der Waals surface area contributed by atoms with Crippen LogP contribution >= 0.6 is 23.2 Å². The molecule has 0 aliphatic carbocycles. The van der Waals surface area contributed by atoms with Crippen LogP contribution in [0.4, 0.5) is 13.2 Å². The van der Waals surface area contributed by atoms with E-state index in [2.05, 4.69) is 0 Å². The minimum Gasteiger partial charge on any atom is -0.327 e. The minimum absolute atomic E-state index is 0.0376. The van der Waals surface area contributed by atoms with Crippen LogP contribution in [0, 0.1) is 0 Å². The highest BCUT2D eigenvalue weighted by Gasteiger charge is 2.26. The Hall–Kier alpha value is -0.450. The Morgan fingerprint density at radius 3 is 2.44 bits per heavy atom. The van der Waals surface area contributed by atoms with Crippen LogP contribution in [0.5, 0.6) is 0 Å². The van der Waals surface area contributed by atoms with Crippen molar-refractivity contribution in [2.24, 2.45) is 5.73 Å². The number of nitrogens with two attached hydrogens (primary N) is 1. The van der Waals surface area contributed by atoms with Gasteiger partial charge in [-0.1, -0.05) is 29.3 Å². The van der Waals surface area contributed by atoms with Crippen LogP contribution in [0.2, 0.25) is 10.0 Å². The quantitative estimate of drug-likeness (QED) is 0.845. The van der Waals surface area contributed by atoms with E-state index in [9.17, 15) is 13.2 Å². The summed E-state index contributed by atoms with van der Waals surface area (Å²) in [6, 6.07) is 4.70. The number of halogens is 5. The van der Waals surface area contributed by atoms with Crippen LogP contribution in [-0.2, 0) is 6.42 Å². The van der Waals surface area contributed by atoms with Crippen molar-refractivity contribution in [3.8, 4) is 0 Å². The van der Waals surface area contributed by atoms with Gasteiger partial charge in [-0.15, -0.1) is 0 Å². The van der Waals surface area contributed by atoms with E-state index in [-0.39, 0.29) is 12.5 Å². The summed E-state index contributed by atoms with van der Waals surface area (Å²) in [7, 11) is 0. The molecule has 1 aromatic rings. The van der Waals surface area contributed by atoms with Crippen LogP contribution < -0.4 is 5.73 Å². The van der Waals surface area contributed by atoms with Crippen molar-refractivity contribution in [2.45, 2.75) is 37.9 Å². The third-order valence-electron chi connectivity index (χ3n) is 2.53. The molecule has 0 radical (unpaired) electrons. The molecule has 0 saturated heterocycles. The molecule has 1 unspecified atom stereocenters. The van der Waals surface area contributed by atoms with Crippen molar-refractivity contribution >= 4 is 23.2 Å². The van der Waals surface area contributed by atoms with Gasteiger partial charge in [-0.25, -0.2) is 0 Å². The van der Waals surface area contributed by atoms with E-state index < -0.39 is 12.6 Å². The summed E-state index contributed by atoms with van der Waals surface area (Å²) in [6.07, 6.45) is -4.10. The fourth-order valence-corrected chi connectivity index (χ4v) is 2.12. The number of alkyl halides is 3. The van der Waals surface area contributed by atoms with Gasteiger partial charge in [-0.2, -0.15) is 13.2 Å². The van der Waals surface area contributed by atoms with Gasteiger partial charge >= 0.3 is 6.18 Å². The van der Waals surface area contributed by atoms with E-state index in [1.807, 2.05) is 0 Å². The fourth-order valence-electron chi connectivity index (χ4n) is 1.64. The second kappa shape index (κ2) is 6.64. The number of rotatable bonds is 5. The number of hydrogen-bond donors (Lipinski definition) is 1. The first kappa shape index (κ1) is 15.6. The second-order valence-corrected chi connectivity index (χ2v) is 5.05. The fraction of sp³-hybridized carbons (Fsp3) is 0.500. The molecule has 0 saturated carbocycles. The van der Waals surface area contributed by atoms with Crippen LogP contribution in [-0.4, -0.2) is 12.2 Å². The van der Waals surface area contributed by atoms with E-state index in [0.717, 1.165) is 5.56 Å². The Labute approximate surface area is 114 Å². The lowest BCUT2D eigenvalue weighted by atomic mass is 10.0. The molecule has 1 aromatic carbocycles. The Kier molecular flexibility index (Phi) is 5.76. The Morgan fingerprint density at radius 1 is 1.22 bits per heavy atom. The van der Waals surface area contributed by atoms with Crippen molar-refractivity contribution in [2.75, 3.05) is 0 Å². The molecule has 2 N–H and O–H groups in total. The van der Waals surface area contributed by atoms with E-state index in [0.29, 0.717) is 22.9 Å². The molecule has 1 atom stereocenters. The Bertz CT molecular complexity index is 393. The van der Waals surface area contributed by atoms with Gasteiger partial charge in [0, 0.05) is 22.5 Å². The zero-order chi connectivity index (χ0) is 13.8. The molecule has 0 aliphatic heterocycles. The van der Waals surface area contributed by atoms with Gasteiger partial charge in [0.25, 0.3) is 0 Å². The summed E-state index contributed by atoms with van der Waals surface area (Å²) < 4.78 is 35.9.